The minimum Gasteiger partial charge on any atom is -0.473 e. The third kappa shape index (κ3) is 6.65. The minimum atomic E-state index is -0.288. The topological polar surface area (TPSA) is 43.2 Å². The summed E-state index contributed by atoms with van der Waals surface area (Å²) in [6.45, 7) is 14.2. The van der Waals surface area contributed by atoms with Crippen LogP contribution in [0.5, 0.6) is 5.88 Å². The van der Waals surface area contributed by atoms with Crippen LogP contribution in [0.1, 0.15) is 62.0 Å². The number of aromatic nitrogens is 3. The van der Waals surface area contributed by atoms with Gasteiger partial charge in [0.2, 0.25) is 5.88 Å². The van der Waals surface area contributed by atoms with E-state index in [1.807, 2.05) is 37.3 Å². The molecule has 0 spiro atoms. The molecule has 0 unspecified atom stereocenters. The highest BCUT2D eigenvalue weighted by Gasteiger charge is 2.25. The first-order valence-electron chi connectivity index (χ1n) is 15.5. The van der Waals surface area contributed by atoms with Crippen LogP contribution in [0.15, 0.2) is 73.3 Å². The Kier molecular flexibility index (Phi) is 8.85. The molecule has 2 aromatic heterocycles. The molecule has 0 bridgehead atoms. The Bertz CT molecular complexity index is 1740. The van der Waals surface area contributed by atoms with Crippen LogP contribution >= 0.6 is 0 Å². The first-order chi connectivity index (χ1) is 21.0. The molecule has 1 aliphatic heterocycles. The van der Waals surface area contributed by atoms with Crippen LogP contribution in [0.4, 0.5) is 4.39 Å². The van der Waals surface area contributed by atoms with Crippen molar-refractivity contribution in [2.45, 2.75) is 58.0 Å². The van der Waals surface area contributed by atoms with Gasteiger partial charge in [-0.15, -0.1) is 0 Å². The molecule has 0 atom stereocenters. The standard InChI is InChI=1S/C37H41FN4O/c1-4-8-30(32-15-14-31(38)21-26(32)3)25-43-37-12-7-11-33(40-37)29-17-19-41(20-18-29)24-36-39-34-16-13-27(5-2)22-35(34)42(36)23-28-9-6-10-28/h4-5,7-8,11-16,21-22,28-29H,2-3,6,9-10,17-20,23-25H2,1H3/b8-4-,32-30+. The summed E-state index contributed by atoms with van der Waals surface area (Å²) in [5, 5.41) is 1.52. The molecule has 6 heteroatoms. The molecule has 1 saturated carbocycles. The molecule has 1 saturated heterocycles. The third-order valence-electron chi connectivity index (χ3n) is 9.03. The number of nitrogens with zero attached hydrogens (tertiary/aromatic N) is 4. The summed E-state index contributed by atoms with van der Waals surface area (Å²) in [7, 11) is 0. The number of pyridine rings is 1. The SMILES string of the molecule is C=Cc1ccc2nc(CN3CCC(c4cccc(OCC(/C=C\C)=c5\ccc(F)cc5=C)n4)CC3)n(CC3CCC3)c2c1. The molecule has 0 amide bonds. The Morgan fingerprint density at radius 3 is 2.60 bits per heavy atom. The van der Waals surface area contributed by atoms with Gasteiger partial charge in [-0.25, -0.2) is 14.4 Å². The number of imidazole rings is 1. The average molecular weight is 577 g/mol. The maximum atomic E-state index is 13.6. The van der Waals surface area contributed by atoms with Crippen LogP contribution in [0.3, 0.4) is 0 Å². The summed E-state index contributed by atoms with van der Waals surface area (Å²) in [4.78, 5) is 12.5. The number of rotatable bonds is 10. The van der Waals surface area contributed by atoms with Crippen LogP contribution in [0.25, 0.3) is 29.3 Å². The fraction of sp³-hybridized carbons (Fsp3) is 0.351. The maximum absolute atomic E-state index is 13.6. The number of hydrogen-bond donors (Lipinski definition) is 0. The Morgan fingerprint density at radius 1 is 1.05 bits per heavy atom. The average Bonchev–Trinajstić information content (AvgIpc) is 3.33. The maximum Gasteiger partial charge on any atom is 0.213 e. The van der Waals surface area contributed by atoms with Crippen molar-refractivity contribution < 1.29 is 9.13 Å². The summed E-state index contributed by atoms with van der Waals surface area (Å²) < 4.78 is 22.3. The Balaban J connectivity index is 1.12. The lowest BCUT2D eigenvalue weighted by molar-refractivity contribution is 0.193. The van der Waals surface area contributed by atoms with Gasteiger partial charge >= 0.3 is 0 Å². The second-order valence-corrected chi connectivity index (χ2v) is 12.0. The molecule has 0 N–H and O–H groups in total. The summed E-state index contributed by atoms with van der Waals surface area (Å²) >= 11 is 0. The van der Waals surface area contributed by atoms with Gasteiger partial charge < -0.3 is 9.30 Å². The van der Waals surface area contributed by atoms with E-state index in [4.69, 9.17) is 14.7 Å². The number of ether oxygens (including phenoxy) is 1. The van der Waals surface area contributed by atoms with Gasteiger partial charge in [0.25, 0.3) is 0 Å². The van der Waals surface area contributed by atoms with Crippen molar-refractivity contribution in [2.24, 2.45) is 5.92 Å². The van der Waals surface area contributed by atoms with E-state index in [-0.39, 0.29) is 5.82 Å². The van der Waals surface area contributed by atoms with E-state index in [0.717, 1.165) is 72.5 Å². The minimum absolute atomic E-state index is 0.288. The molecule has 3 heterocycles. The number of likely N-dealkylation sites (tertiary alicyclic amines) is 1. The summed E-state index contributed by atoms with van der Waals surface area (Å²) in [6, 6.07) is 17.2. The Morgan fingerprint density at radius 2 is 1.88 bits per heavy atom. The summed E-state index contributed by atoms with van der Waals surface area (Å²) in [6.07, 6.45) is 12.0. The van der Waals surface area contributed by atoms with Gasteiger partial charge in [-0.2, -0.15) is 0 Å². The lowest BCUT2D eigenvalue weighted by Gasteiger charge is -2.32. The predicted molar refractivity (Wildman–Crippen MR) is 174 cm³/mol. The van der Waals surface area contributed by atoms with Gasteiger partial charge in [0.1, 0.15) is 18.2 Å². The molecule has 2 fully saturated rings. The van der Waals surface area contributed by atoms with Crippen molar-refractivity contribution in [3.05, 3.63) is 107 Å². The van der Waals surface area contributed by atoms with E-state index >= 15 is 0 Å². The lowest BCUT2D eigenvalue weighted by atomic mass is 9.85. The molecule has 43 heavy (non-hydrogen) atoms. The highest BCUT2D eigenvalue weighted by atomic mass is 19.1. The molecule has 5 nitrogen and oxygen atoms in total. The van der Waals surface area contributed by atoms with Crippen molar-refractivity contribution >= 4 is 29.3 Å². The fourth-order valence-corrected chi connectivity index (χ4v) is 6.34. The molecule has 0 radical (unpaired) electrons. The van der Waals surface area contributed by atoms with E-state index in [9.17, 15) is 4.39 Å². The normalized spacial score (nSPS) is 17.3. The summed E-state index contributed by atoms with van der Waals surface area (Å²) in [5.41, 5.74) is 5.48. The Labute approximate surface area is 253 Å². The zero-order valence-corrected chi connectivity index (χ0v) is 25.1. The van der Waals surface area contributed by atoms with Crippen molar-refractivity contribution in [1.82, 2.24) is 19.4 Å². The zero-order chi connectivity index (χ0) is 29.8. The van der Waals surface area contributed by atoms with E-state index < -0.39 is 0 Å². The molecule has 222 valence electrons. The largest absolute Gasteiger partial charge is 0.473 e. The van der Waals surface area contributed by atoms with E-state index in [1.54, 1.807) is 6.07 Å². The number of hydrogen-bond acceptors (Lipinski definition) is 4. The highest BCUT2D eigenvalue weighted by molar-refractivity contribution is 5.79. The second-order valence-electron chi connectivity index (χ2n) is 12.0. The second kappa shape index (κ2) is 13.1. The molecule has 2 aliphatic rings. The third-order valence-corrected chi connectivity index (χ3v) is 9.03. The summed E-state index contributed by atoms with van der Waals surface area (Å²) in [5.74, 6) is 2.65. The number of fused-ring (bicyclic) bond motifs is 1. The monoisotopic (exact) mass is 576 g/mol. The first kappa shape index (κ1) is 29.1. The van der Waals surface area contributed by atoms with Gasteiger partial charge in [0.15, 0.2) is 0 Å². The molecular formula is C37H41FN4O. The smallest absolute Gasteiger partial charge is 0.213 e. The highest BCUT2D eigenvalue weighted by Crippen LogP contribution is 2.32. The molecule has 1 aliphatic carbocycles. The van der Waals surface area contributed by atoms with E-state index in [2.05, 4.69) is 46.9 Å². The van der Waals surface area contributed by atoms with Crippen LogP contribution in [0.2, 0.25) is 0 Å². The van der Waals surface area contributed by atoms with Gasteiger partial charge in [-0.1, -0.05) is 56.0 Å². The van der Waals surface area contributed by atoms with Crippen molar-refractivity contribution in [1.29, 1.82) is 0 Å². The van der Waals surface area contributed by atoms with Gasteiger partial charge in [0, 0.05) is 24.2 Å². The van der Waals surface area contributed by atoms with Crippen LogP contribution in [-0.2, 0) is 13.1 Å². The van der Waals surface area contributed by atoms with E-state index in [0.29, 0.717) is 23.6 Å². The molecular weight excluding hydrogens is 535 g/mol. The molecule has 2 aromatic carbocycles. The number of benzene rings is 2. The van der Waals surface area contributed by atoms with Crippen LogP contribution in [0, 0.1) is 11.7 Å². The molecule has 6 rings (SSSR count). The van der Waals surface area contributed by atoms with Crippen LogP contribution in [-0.4, -0.2) is 39.1 Å². The van der Waals surface area contributed by atoms with Crippen molar-refractivity contribution in [3.63, 3.8) is 0 Å². The fourth-order valence-electron chi connectivity index (χ4n) is 6.34. The van der Waals surface area contributed by atoms with Gasteiger partial charge in [-0.3, -0.25) is 4.90 Å². The molecule has 4 aromatic rings. The Hall–Kier alpha value is -4.03. The first-order valence-corrected chi connectivity index (χ1v) is 15.5. The van der Waals surface area contributed by atoms with Gasteiger partial charge in [-0.05, 0) is 104 Å². The number of piperidine rings is 1. The number of allylic oxidation sites excluding steroid dienone is 1. The van der Waals surface area contributed by atoms with Crippen molar-refractivity contribution in [2.75, 3.05) is 19.7 Å². The predicted octanol–water partition coefficient (Wildman–Crippen LogP) is 6.61. The number of halogens is 1. The van der Waals surface area contributed by atoms with E-state index in [1.165, 1.54) is 42.7 Å². The van der Waals surface area contributed by atoms with Gasteiger partial charge in [0.05, 0.1) is 17.6 Å². The van der Waals surface area contributed by atoms with Crippen molar-refractivity contribution in [3.8, 4) is 5.88 Å². The van der Waals surface area contributed by atoms with Crippen LogP contribution < -0.4 is 15.2 Å². The quantitative estimate of drug-likeness (QED) is 0.213. The lowest BCUT2D eigenvalue weighted by Crippen LogP contribution is -2.34. The zero-order valence-electron chi connectivity index (χ0n) is 25.1.